The van der Waals surface area contributed by atoms with E-state index in [-0.39, 0.29) is 0 Å². The number of hydrogen-bond donors (Lipinski definition) is 0. The van der Waals surface area contributed by atoms with Crippen LogP contribution in [0.5, 0.6) is 0 Å². The predicted octanol–water partition coefficient (Wildman–Crippen LogP) is 8.72. The topological polar surface area (TPSA) is 40.8 Å². The minimum absolute atomic E-state index is 0.309. The van der Waals surface area contributed by atoms with E-state index in [1.807, 2.05) is 31.3 Å². The zero-order valence-electron chi connectivity index (χ0n) is 27.0. The fourth-order valence-corrected chi connectivity index (χ4v) is 5.95. The van der Waals surface area contributed by atoms with Crippen LogP contribution in [0.3, 0.4) is 0 Å². The Morgan fingerprint density at radius 3 is 2.30 bits per heavy atom. The Kier molecular flexibility index (Phi) is 4.52. The summed E-state index contributed by atoms with van der Waals surface area (Å²) in [6, 6.07) is 29.8. The molecule has 7 rings (SSSR count). The van der Waals surface area contributed by atoms with Crippen LogP contribution in [-0.4, -0.2) is 0 Å². The molecule has 0 radical (unpaired) electrons. The van der Waals surface area contributed by atoms with Gasteiger partial charge in [0.15, 0.2) is 6.20 Å². The zero-order valence-corrected chi connectivity index (χ0v) is 23.0. The number of aromatic nitrogens is 1. The van der Waals surface area contributed by atoms with Crippen LogP contribution in [0.1, 0.15) is 41.6 Å². The summed E-state index contributed by atoms with van der Waals surface area (Å²) in [5.74, 6) is 0. The van der Waals surface area contributed by atoms with Crippen molar-refractivity contribution >= 4 is 21.9 Å². The number of nitrogens with zero attached hydrogens (tertiary/aromatic N) is 2. The molecule has 3 heteroatoms. The molecule has 0 saturated heterocycles. The number of furan rings is 1. The molecular weight excluding hydrogens is 488 g/mol. The zero-order chi connectivity index (χ0) is 31.2. The van der Waals surface area contributed by atoms with Crippen LogP contribution in [0.25, 0.3) is 55.4 Å². The highest BCUT2D eigenvalue weighted by atomic mass is 16.3. The van der Waals surface area contributed by atoms with Gasteiger partial charge < -0.3 is 4.42 Å². The standard InChI is InChI=1S/C37H31N2O/c1-23-10-14-30-31-15-13-28(22-38)34(26-11-12-27-20-37(2,3)21-29(27)18-26)36(31)40-35(30)33(23)32-19-25(16-17-39(32)4)24-8-6-5-7-9-24/h5-19H,20-21H2,1-4H3/q+1/i20D2,21D2. The Bertz CT molecular complexity index is 2190. The number of nitriles is 1. The van der Waals surface area contributed by atoms with Gasteiger partial charge in [-0.1, -0.05) is 74.5 Å². The van der Waals surface area contributed by atoms with Gasteiger partial charge in [-0.2, -0.15) is 5.26 Å². The van der Waals surface area contributed by atoms with Crippen molar-refractivity contribution in [2.75, 3.05) is 0 Å². The van der Waals surface area contributed by atoms with Crippen LogP contribution >= 0.6 is 0 Å². The van der Waals surface area contributed by atoms with Gasteiger partial charge >= 0.3 is 0 Å². The lowest BCUT2D eigenvalue weighted by molar-refractivity contribution is -0.660. The molecule has 6 aromatic rings. The number of pyridine rings is 1. The Morgan fingerprint density at radius 2 is 1.52 bits per heavy atom. The molecule has 40 heavy (non-hydrogen) atoms. The highest BCUT2D eigenvalue weighted by molar-refractivity contribution is 6.14. The molecule has 0 atom stereocenters. The van der Waals surface area contributed by atoms with Crippen molar-refractivity contribution in [3.05, 3.63) is 113 Å². The SMILES string of the molecule is [2H]C1([2H])c2ccc(-c3c(C#N)ccc4c3oc3c(-c5cc(-c6ccccc6)cc[n+]5C)c(C)ccc34)cc2C([2H])([2H])C1(C)C. The second kappa shape index (κ2) is 8.93. The first kappa shape index (κ1) is 20.3. The fourth-order valence-electron chi connectivity index (χ4n) is 5.95. The van der Waals surface area contributed by atoms with Gasteiger partial charge in [0.1, 0.15) is 18.2 Å². The summed E-state index contributed by atoms with van der Waals surface area (Å²) in [6.45, 7) is 5.32. The predicted molar refractivity (Wildman–Crippen MR) is 162 cm³/mol. The van der Waals surface area contributed by atoms with Crippen molar-refractivity contribution in [1.29, 1.82) is 5.26 Å². The van der Waals surface area contributed by atoms with E-state index in [0.29, 0.717) is 39.0 Å². The minimum Gasteiger partial charge on any atom is -0.454 e. The van der Waals surface area contributed by atoms with Gasteiger partial charge in [0.25, 0.3) is 0 Å². The van der Waals surface area contributed by atoms with Crippen LogP contribution in [0.15, 0.2) is 95.5 Å². The van der Waals surface area contributed by atoms with Gasteiger partial charge in [-0.3, -0.25) is 0 Å². The third kappa shape index (κ3) is 3.83. The molecule has 0 spiro atoms. The number of benzene rings is 4. The molecule has 4 aromatic carbocycles. The molecule has 0 N–H and O–H groups in total. The monoisotopic (exact) mass is 523 g/mol. The van der Waals surface area contributed by atoms with E-state index >= 15 is 0 Å². The number of fused-ring (bicyclic) bond motifs is 4. The van der Waals surface area contributed by atoms with Crippen molar-refractivity contribution in [3.63, 3.8) is 0 Å². The average molecular weight is 524 g/mol. The summed E-state index contributed by atoms with van der Waals surface area (Å²) in [5.41, 5.74) is 7.46. The maximum absolute atomic E-state index is 10.2. The summed E-state index contributed by atoms with van der Waals surface area (Å²) in [7, 11) is 2.02. The van der Waals surface area contributed by atoms with Crippen LogP contribution in [-0.2, 0) is 19.8 Å². The first-order chi connectivity index (χ1) is 20.9. The third-order valence-electron chi connectivity index (χ3n) is 7.85. The van der Waals surface area contributed by atoms with Crippen LogP contribution in [0, 0.1) is 23.7 Å². The van der Waals surface area contributed by atoms with Crippen LogP contribution in [0.2, 0.25) is 0 Å². The summed E-state index contributed by atoms with van der Waals surface area (Å²) >= 11 is 0. The lowest BCUT2D eigenvalue weighted by Crippen LogP contribution is -2.30. The molecule has 2 heterocycles. The molecule has 194 valence electrons. The van der Waals surface area contributed by atoms with E-state index in [4.69, 9.17) is 9.90 Å². The molecule has 1 aliphatic rings. The van der Waals surface area contributed by atoms with Gasteiger partial charge in [-0.05, 0) is 70.6 Å². The quantitative estimate of drug-likeness (QED) is 0.218. The third-order valence-corrected chi connectivity index (χ3v) is 7.85. The van der Waals surface area contributed by atoms with Crippen molar-refractivity contribution in [2.24, 2.45) is 12.5 Å². The Balaban J connectivity index is 1.50. The van der Waals surface area contributed by atoms with Crippen molar-refractivity contribution in [3.8, 4) is 39.6 Å². The highest BCUT2D eigenvalue weighted by Gasteiger charge is 2.29. The van der Waals surface area contributed by atoms with Crippen molar-refractivity contribution in [2.45, 2.75) is 33.5 Å². The molecule has 0 aliphatic heterocycles. The maximum atomic E-state index is 10.2. The summed E-state index contributed by atoms with van der Waals surface area (Å²) in [5, 5.41) is 12.0. The highest BCUT2D eigenvalue weighted by Crippen LogP contribution is 2.44. The average Bonchev–Trinajstić information content (AvgIpc) is 3.43. The molecular formula is C37H31N2O+. The second-order valence-corrected chi connectivity index (χ2v) is 11.1. The first-order valence-corrected chi connectivity index (χ1v) is 13.5. The van der Waals surface area contributed by atoms with Crippen molar-refractivity contribution < 1.29 is 14.5 Å². The van der Waals surface area contributed by atoms with Gasteiger partial charge in [0, 0.05) is 34.0 Å². The van der Waals surface area contributed by atoms with Gasteiger partial charge in [0.05, 0.1) is 17.2 Å². The van der Waals surface area contributed by atoms with Crippen LogP contribution in [0.4, 0.5) is 0 Å². The first-order valence-electron chi connectivity index (χ1n) is 15.5. The van der Waals surface area contributed by atoms with Crippen LogP contribution < -0.4 is 4.57 Å². The summed E-state index contributed by atoms with van der Waals surface area (Å²) < 4.78 is 44.2. The Hall–Kier alpha value is -4.68. The van der Waals surface area contributed by atoms with Gasteiger partial charge in [-0.25, -0.2) is 4.57 Å². The summed E-state index contributed by atoms with van der Waals surface area (Å²) in [6.07, 6.45) is -1.72. The molecule has 3 nitrogen and oxygen atoms in total. The molecule has 0 fully saturated rings. The van der Waals surface area contributed by atoms with E-state index in [0.717, 1.165) is 38.7 Å². The molecule has 0 unspecified atom stereocenters. The number of aryl methyl sites for hydroxylation is 2. The Labute approximate surface area is 240 Å². The van der Waals surface area contributed by atoms with E-state index < -0.39 is 18.2 Å². The smallest absolute Gasteiger partial charge is 0.216 e. The molecule has 0 saturated carbocycles. The molecule has 0 bridgehead atoms. The molecule has 0 amide bonds. The number of hydrogen-bond acceptors (Lipinski definition) is 2. The van der Waals surface area contributed by atoms with E-state index in [9.17, 15) is 5.26 Å². The largest absolute Gasteiger partial charge is 0.454 e. The summed E-state index contributed by atoms with van der Waals surface area (Å²) in [4.78, 5) is 0. The molecule has 1 aliphatic carbocycles. The maximum Gasteiger partial charge on any atom is 0.216 e. The van der Waals surface area contributed by atoms with E-state index in [1.54, 1.807) is 38.1 Å². The Morgan fingerprint density at radius 1 is 0.800 bits per heavy atom. The van der Waals surface area contributed by atoms with E-state index in [2.05, 4.69) is 60.2 Å². The van der Waals surface area contributed by atoms with E-state index in [1.165, 1.54) is 0 Å². The fraction of sp³-hybridized carbons (Fsp3) is 0.189. The van der Waals surface area contributed by atoms with Gasteiger partial charge in [-0.15, -0.1) is 0 Å². The normalized spacial score (nSPS) is 18.0. The second-order valence-electron chi connectivity index (χ2n) is 11.1. The molecule has 2 aromatic heterocycles. The van der Waals surface area contributed by atoms with Crippen molar-refractivity contribution in [1.82, 2.24) is 0 Å². The lowest BCUT2D eigenvalue weighted by atomic mass is 9.90. The lowest BCUT2D eigenvalue weighted by Gasteiger charge is -2.14. The number of rotatable bonds is 3. The minimum atomic E-state index is -1.92. The van der Waals surface area contributed by atoms with Gasteiger partial charge in [0.2, 0.25) is 5.69 Å².